The summed E-state index contributed by atoms with van der Waals surface area (Å²) in [6, 6.07) is 0. The van der Waals surface area contributed by atoms with Crippen LogP contribution in [0, 0.1) is 0 Å². The zero-order chi connectivity index (χ0) is 12.6. The van der Waals surface area contributed by atoms with Gasteiger partial charge in [-0.3, -0.25) is 9.88 Å². The predicted molar refractivity (Wildman–Crippen MR) is 75.8 cm³/mol. The summed E-state index contributed by atoms with van der Waals surface area (Å²) in [4.78, 5) is 8.34. The van der Waals surface area contributed by atoms with Crippen LogP contribution in [0.15, 0.2) is 11.7 Å². The van der Waals surface area contributed by atoms with E-state index in [1.54, 1.807) is 11.3 Å². The van der Waals surface area contributed by atoms with Gasteiger partial charge >= 0.3 is 0 Å². The van der Waals surface area contributed by atoms with Gasteiger partial charge in [-0.2, -0.15) is 0 Å². The van der Waals surface area contributed by atoms with Crippen molar-refractivity contribution in [1.29, 1.82) is 0 Å². The summed E-state index contributed by atoms with van der Waals surface area (Å²) in [6.45, 7) is 8.00. The molecule has 1 N–H and O–H groups in total. The molecule has 3 nitrogen and oxygen atoms in total. The monoisotopic (exact) mass is 265 g/mol. The SMILES string of the molecule is CC1(C)CN(Cc2cncs2)C2(CCCC2)CN1. The highest BCUT2D eigenvalue weighted by Gasteiger charge is 2.45. The van der Waals surface area contributed by atoms with Crippen LogP contribution in [-0.2, 0) is 6.54 Å². The number of aromatic nitrogens is 1. The first-order valence-electron chi connectivity index (χ1n) is 6.97. The molecule has 3 rings (SSSR count). The quantitative estimate of drug-likeness (QED) is 0.891. The van der Waals surface area contributed by atoms with Crippen molar-refractivity contribution in [3.63, 3.8) is 0 Å². The van der Waals surface area contributed by atoms with Crippen LogP contribution < -0.4 is 5.32 Å². The molecule has 0 amide bonds. The van der Waals surface area contributed by atoms with Gasteiger partial charge in [0.2, 0.25) is 0 Å². The van der Waals surface area contributed by atoms with Crippen LogP contribution in [0.1, 0.15) is 44.4 Å². The van der Waals surface area contributed by atoms with Crippen molar-refractivity contribution in [3.8, 4) is 0 Å². The summed E-state index contributed by atoms with van der Waals surface area (Å²) in [5.74, 6) is 0. The third kappa shape index (κ3) is 2.33. The fourth-order valence-corrected chi connectivity index (χ4v) is 4.08. The van der Waals surface area contributed by atoms with Gasteiger partial charge in [0, 0.05) is 41.8 Å². The number of piperazine rings is 1. The van der Waals surface area contributed by atoms with Crippen molar-refractivity contribution in [3.05, 3.63) is 16.6 Å². The number of nitrogens with one attached hydrogen (secondary N) is 1. The van der Waals surface area contributed by atoms with Gasteiger partial charge in [-0.25, -0.2) is 0 Å². The Balaban J connectivity index is 1.81. The van der Waals surface area contributed by atoms with E-state index in [-0.39, 0.29) is 5.54 Å². The molecule has 1 aliphatic carbocycles. The maximum atomic E-state index is 4.22. The smallest absolute Gasteiger partial charge is 0.0794 e. The van der Waals surface area contributed by atoms with Crippen molar-refractivity contribution in [1.82, 2.24) is 15.2 Å². The van der Waals surface area contributed by atoms with E-state index in [4.69, 9.17) is 0 Å². The number of hydrogen-bond acceptors (Lipinski definition) is 4. The molecule has 1 aliphatic heterocycles. The second kappa shape index (κ2) is 4.58. The molecule has 0 aromatic carbocycles. The average Bonchev–Trinajstić information content (AvgIpc) is 2.95. The van der Waals surface area contributed by atoms with E-state index < -0.39 is 0 Å². The molecule has 1 saturated carbocycles. The van der Waals surface area contributed by atoms with Gasteiger partial charge in [0.05, 0.1) is 5.51 Å². The predicted octanol–water partition coefficient (Wildman–Crippen LogP) is 2.64. The molecule has 0 atom stereocenters. The summed E-state index contributed by atoms with van der Waals surface area (Å²) in [5, 5.41) is 3.75. The van der Waals surface area contributed by atoms with Crippen molar-refractivity contribution in [2.75, 3.05) is 13.1 Å². The van der Waals surface area contributed by atoms with Gasteiger partial charge in [-0.1, -0.05) is 12.8 Å². The molecular weight excluding hydrogens is 242 g/mol. The molecule has 1 saturated heterocycles. The van der Waals surface area contributed by atoms with Crippen LogP contribution in [-0.4, -0.2) is 34.1 Å². The molecule has 0 unspecified atom stereocenters. The van der Waals surface area contributed by atoms with Gasteiger partial charge in [-0.05, 0) is 26.7 Å². The summed E-state index contributed by atoms with van der Waals surface area (Å²) in [5.41, 5.74) is 2.60. The molecule has 0 bridgehead atoms. The number of hydrogen-bond donors (Lipinski definition) is 1. The third-order valence-electron chi connectivity index (χ3n) is 4.52. The van der Waals surface area contributed by atoms with E-state index >= 15 is 0 Å². The maximum Gasteiger partial charge on any atom is 0.0794 e. The van der Waals surface area contributed by atoms with E-state index in [2.05, 4.69) is 29.0 Å². The molecule has 2 fully saturated rings. The lowest BCUT2D eigenvalue weighted by Crippen LogP contribution is -2.66. The van der Waals surface area contributed by atoms with Crippen LogP contribution in [0.25, 0.3) is 0 Å². The fourth-order valence-electron chi connectivity index (χ4n) is 3.47. The Hall–Kier alpha value is -0.450. The Morgan fingerprint density at radius 2 is 2.17 bits per heavy atom. The molecular formula is C14H23N3S. The molecule has 1 aromatic rings. The minimum Gasteiger partial charge on any atom is -0.309 e. The van der Waals surface area contributed by atoms with Gasteiger partial charge in [0.1, 0.15) is 0 Å². The maximum absolute atomic E-state index is 4.22. The topological polar surface area (TPSA) is 28.2 Å². The zero-order valence-corrected chi connectivity index (χ0v) is 12.2. The average molecular weight is 265 g/mol. The van der Waals surface area contributed by atoms with Crippen molar-refractivity contribution in [2.45, 2.75) is 57.2 Å². The third-order valence-corrected chi connectivity index (χ3v) is 5.28. The largest absolute Gasteiger partial charge is 0.309 e. The van der Waals surface area contributed by atoms with E-state index in [0.717, 1.165) is 19.6 Å². The lowest BCUT2D eigenvalue weighted by Gasteiger charge is -2.51. The van der Waals surface area contributed by atoms with Crippen LogP contribution in [0.4, 0.5) is 0 Å². The minimum atomic E-state index is 0.235. The second-order valence-electron chi connectivity index (χ2n) is 6.49. The van der Waals surface area contributed by atoms with Gasteiger partial charge in [0.25, 0.3) is 0 Å². The van der Waals surface area contributed by atoms with Gasteiger partial charge < -0.3 is 5.32 Å². The molecule has 1 spiro atoms. The van der Waals surface area contributed by atoms with E-state index in [0.29, 0.717) is 5.54 Å². The van der Waals surface area contributed by atoms with Gasteiger partial charge in [0.15, 0.2) is 0 Å². The Labute approximate surface area is 114 Å². The Bertz CT molecular complexity index is 393. The minimum absolute atomic E-state index is 0.235. The van der Waals surface area contributed by atoms with Crippen LogP contribution >= 0.6 is 11.3 Å². The van der Waals surface area contributed by atoms with E-state index in [9.17, 15) is 0 Å². The summed E-state index contributed by atoms with van der Waals surface area (Å²) >= 11 is 1.79. The number of thiazole rings is 1. The molecule has 2 heterocycles. The Kier molecular flexibility index (Phi) is 3.20. The highest BCUT2D eigenvalue weighted by atomic mass is 32.1. The summed E-state index contributed by atoms with van der Waals surface area (Å²) in [7, 11) is 0. The van der Waals surface area contributed by atoms with Crippen LogP contribution in [0.3, 0.4) is 0 Å². The van der Waals surface area contributed by atoms with Gasteiger partial charge in [-0.15, -0.1) is 11.3 Å². The molecule has 1 aromatic heterocycles. The van der Waals surface area contributed by atoms with E-state index in [1.165, 1.54) is 30.6 Å². The first-order chi connectivity index (χ1) is 8.60. The molecule has 18 heavy (non-hydrogen) atoms. The normalized spacial score (nSPS) is 26.8. The molecule has 100 valence electrons. The lowest BCUT2D eigenvalue weighted by molar-refractivity contribution is 0.0129. The molecule has 0 radical (unpaired) electrons. The summed E-state index contributed by atoms with van der Waals surface area (Å²) < 4.78 is 0. The highest BCUT2D eigenvalue weighted by Crippen LogP contribution is 2.39. The van der Waals surface area contributed by atoms with E-state index in [1.807, 2.05) is 11.7 Å². The van der Waals surface area contributed by atoms with Crippen LogP contribution in [0.2, 0.25) is 0 Å². The first kappa shape index (κ1) is 12.6. The number of rotatable bonds is 2. The molecule has 4 heteroatoms. The first-order valence-corrected chi connectivity index (χ1v) is 7.85. The van der Waals surface area contributed by atoms with Crippen molar-refractivity contribution >= 4 is 11.3 Å². The van der Waals surface area contributed by atoms with Crippen LogP contribution in [0.5, 0.6) is 0 Å². The van der Waals surface area contributed by atoms with Crippen molar-refractivity contribution < 1.29 is 0 Å². The lowest BCUT2D eigenvalue weighted by atomic mass is 9.87. The fraction of sp³-hybridized carbons (Fsp3) is 0.786. The van der Waals surface area contributed by atoms with Crippen molar-refractivity contribution in [2.24, 2.45) is 0 Å². The number of nitrogens with zero attached hydrogens (tertiary/aromatic N) is 2. The summed E-state index contributed by atoms with van der Waals surface area (Å²) in [6.07, 6.45) is 7.52. The highest BCUT2D eigenvalue weighted by molar-refractivity contribution is 7.09. The Morgan fingerprint density at radius 3 is 2.83 bits per heavy atom. The zero-order valence-electron chi connectivity index (χ0n) is 11.4. The Morgan fingerprint density at radius 1 is 1.39 bits per heavy atom. The second-order valence-corrected chi connectivity index (χ2v) is 7.46. The molecule has 2 aliphatic rings. The standard InChI is InChI=1S/C14H23N3S/c1-13(2)10-17(8-12-7-15-11-18-12)14(9-16-13)5-3-4-6-14/h7,11,16H,3-6,8-10H2,1-2H3.